The first-order chi connectivity index (χ1) is 24.4. The number of hydrogen-bond donors (Lipinski definition) is 0. The van der Waals surface area contributed by atoms with E-state index in [0.29, 0.717) is 49.6 Å². The minimum absolute atomic E-state index is 0.0654. The monoisotopic (exact) mass is 709 g/mol. The lowest BCUT2D eigenvalue weighted by Gasteiger charge is -2.42. The van der Waals surface area contributed by atoms with Crippen LogP contribution in [-0.4, -0.2) is 92.5 Å². The number of rotatable bonds is 8. The van der Waals surface area contributed by atoms with Gasteiger partial charge in [0.25, 0.3) is 0 Å². The highest BCUT2D eigenvalue weighted by atomic mass is 35.5. The molecule has 13 heteroatoms. The van der Waals surface area contributed by atoms with E-state index < -0.39 is 0 Å². The number of piperazine rings is 1. The Morgan fingerprint density at radius 2 is 1.90 bits per heavy atom. The Kier molecular flexibility index (Phi) is 9.06. The molecule has 4 aromatic rings. The summed E-state index contributed by atoms with van der Waals surface area (Å²) in [6.07, 6.45) is 8.88. The van der Waals surface area contributed by atoms with Crippen LogP contribution in [0, 0.1) is 18.3 Å². The van der Waals surface area contributed by atoms with Gasteiger partial charge in [-0.05, 0) is 87.2 Å². The van der Waals surface area contributed by atoms with E-state index in [1.807, 2.05) is 19.1 Å². The van der Waals surface area contributed by atoms with Crippen molar-refractivity contribution >= 4 is 57.4 Å². The number of carbonyl (C=O) groups excluding carboxylic acids is 1. The predicted octanol–water partition coefficient (Wildman–Crippen LogP) is 5.66. The van der Waals surface area contributed by atoms with Crippen molar-refractivity contribution in [1.29, 1.82) is 5.26 Å². The molecule has 8 rings (SSSR count). The minimum atomic E-state index is -0.292. The van der Waals surface area contributed by atoms with E-state index in [1.54, 1.807) is 17.1 Å². The fraction of sp³-hybridized carbons (Fsp3) is 0.459. The third-order valence-electron chi connectivity index (χ3n) is 10.8. The molecular formula is C37H40ClN9O2S. The van der Waals surface area contributed by atoms with Gasteiger partial charge in [-0.2, -0.15) is 19.6 Å². The molecule has 6 heterocycles. The number of aryl methyl sites for hydroxylation is 1. The molecule has 0 unspecified atom stereocenters. The number of carbonyl (C=O) groups is 1. The van der Waals surface area contributed by atoms with Gasteiger partial charge in [0.15, 0.2) is 0 Å². The molecule has 11 nitrogen and oxygen atoms in total. The molecule has 0 radical (unpaired) electrons. The van der Waals surface area contributed by atoms with Crippen LogP contribution < -0.4 is 14.5 Å². The Labute approximate surface area is 301 Å². The third kappa shape index (κ3) is 6.27. The summed E-state index contributed by atoms with van der Waals surface area (Å²) < 4.78 is 10.8. The molecule has 4 aliphatic rings. The van der Waals surface area contributed by atoms with Gasteiger partial charge in [0.05, 0.1) is 41.3 Å². The highest BCUT2D eigenvalue weighted by Gasteiger charge is 2.45. The maximum Gasteiger partial charge on any atom is 0.318 e. The number of anilines is 2. The van der Waals surface area contributed by atoms with Crippen molar-refractivity contribution in [1.82, 2.24) is 29.1 Å². The van der Waals surface area contributed by atoms with E-state index in [9.17, 15) is 10.1 Å². The number of hydrogen-bond acceptors (Lipinski definition) is 11. The minimum Gasteiger partial charge on any atom is -0.461 e. The molecular weight excluding hydrogens is 670 g/mol. The highest BCUT2D eigenvalue weighted by molar-refractivity contribution is 7.06. The van der Waals surface area contributed by atoms with Crippen molar-refractivity contribution in [2.45, 2.75) is 63.6 Å². The third-order valence-corrected chi connectivity index (χ3v) is 11.9. The van der Waals surface area contributed by atoms with Crippen molar-refractivity contribution in [3.05, 3.63) is 69.6 Å². The Morgan fingerprint density at radius 3 is 2.68 bits per heavy atom. The van der Waals surface area contributed by atoms with Gasteiger partial charge >= 0.3 is 6.01 Å². The molecule has 1 amide bonds. The number of aromatic nitrogens is 4. The Bertz CT molecular complexity index is 1980. The van der Waals surface area contributed by atoms with Crippen molar-refractivity contribution in [2.24, 2.45) is 0 Å². The summed E-state index contributed by atoms with van der Waals surface area (Å²) in [5.41, 5.74) is 3.20. The molecule has 0 spiro atoms. The van der Waals surface area contributed by atoms with E-state index >= 15 is 0 Å². The maximum atomic E-state index is 13.4. The Morgan fingerprint density at radius 1 is 1.08 bits per heavy atom. The van der Waals surface area contributed by atoms with Gasteiger partial charge in [-0.3, -0.25) is 9.69 Å². The molecule has 4 aliphatic heterocycles. The van der Waals surface area contributed by atoms with Crippen LogP contribution in [0.15, 0.2) is 42.5 Å². The number of amides is 1. The second-order valence-corrected chi connectivity index (χ2v) is 14.9. The lowest BCUT2D eigenvalue weighted by atomic mass is 9.95. The van der Waals surface area contributed by atoms with Crippen molar-refractivity contribution in [3.8, 4) is 12.1 Å². The lowest BCUT2D eigenvalue weighted by Crippen LogP contribution is -2.55. The number of ether oxygens (including phenoxy) is 1. The van der Waals surface area contributed by atoms with Gasteiger partial charge in [-0.25, -0.2) is 4.98 Å². The van der Waals surface area contributed by atoms with Crippen molar-refractivity contribution in [3.63, 3.8) is 0 Å². The summed E-state index contributed by atoms with van der Waals surface area (Å²) in [5, 5.41) is 13.4. The predicted molar refractivity (Wildman–Crippen MR) is 196 cm³/mol. The van der Waals surface area contributed by atoms with Crippen LogP contribution >= 0.6 is 23.1 Å². The van der Waals surface area contributed by atoms with Gasteiger partial charge in [0.2, 0.25) is 5.91 Å². The van der Waals surface area contributed by atoms with Crippen LogP contribution in [0.25, 0.3) is 16.8 Å². The van der Waals surface area contributed by atoms with Crippen LogP contribution in [0.5, 0.6) is 6.01 Å². The van der Waals surface area contributed by atoms with Gasteiger partial charge in [-0.1, -0.05) is 35.9 Å². The van der Waals surface area contributed by atoms with Gasteiger partial charge in [0, 0.05) is 48.9 Å². The topological polar surface area (TPSA) is 115 Å². The molecule has 0 N–H and O–H groups in total. The normalized spacial score (nSPS) is 20.3. The summed E-state index contributed by atoms with van der Waals surface area (Å²) in [5.74, 6) is 1.40. The Balaban J connectivity index is 1.09. The maximum absolute atomic E-state index is 13.4. The zero-order valence-corrected chi connectivity index (χ0v) is 29.8. The van der Waals surface area contributed by atoms with E-state index in [1.165, 1.54) is 24.4 Å². The number of nitriles is 1. The fourth-order valence-corrected chi connectivity index (χ4v) is 9.20. The molecule has 50 heavy (non-hydrogen) atoms. The van der Waals surface area contributed by atoms with Gasteiger partial charge in [0.1, 0.15) is 23.3 Å². The SMILES string of the molecule is Cc1nsc(/C=C/C(=O)N2CCN(c3nc(OCC45CCCN4CCC5)nc4c3CCN(c3cccc5cccc(Cl)c35)C4)C[C@@H]2CC#N)n1. The molecule has 3 saturated heterocycles. The van der Waals surface area contributed by atoms with Crippen LogP contribution in [0.3, 0.4) is 0 Å². The van der Waals surface area contributed by atoms with Crippen molar-refractivity contribution in [2.75, 3.05) is 55.7 Å². The lowest BCUT2D eigenvalue weighted by molar-refractivity contribution is -0.128. The molecule has 0 bridgehead atoms. The zero-order chi connectivity index (χ0) is 34.2. The number of fused-ring (bicyclic) bond motifs is 3. The van der Waals surface area contributed by atoms with Crippen LogP contribution in [-0.2, 0) is 17.8 Å². The van der Waals surface area contributed by atoms with E-state index in [4.69, 9.17) is 26.3 Å². The molecule has 3 fully saturated rings. The summed E-state index contributed by atoms with van der Waals surface area (Å²) in [4.78, 5) is 36.9. The first-order valence-electron chi connectivity index (χ1n) is 17.5. The standard InChI is InChI=1S/C37H40ClN9O2S/c1-25-40-32(50-43-25)10-11-33(48)47-21-20-45(22-27(47)12-16-39)35-28-13-19-44(31-9-3-7-26-6-2-8-29(38)34(26)31)23-30(28)41-36(42-35)49-24-37-14-4-17-46(37)18-5-15-37/h2-3,6-11,27H,4-5,12-15,17-24H2,1H3/b11-10+/t27-/m0/s1. The molecule has 2 aromatic carbocycles. The highest BCUT2D eigenvalue weighted by Crippen LogP contribution is 2.40. The van der Waals surface area contributed by atoms with Crippen LogP contribution in [0.2, 0.25) is 5.02 Å². The fourth-order valence-electron chi connectivity index (χ4n) is 8.36. The molecule has 1 atom stereocenters. The second-order valence-electron chi connectivity index (χ2n) is 13.8. The first-order valence-corrected chi connectivity index (χ1v) is 18.7. The number of halogens is 1. The quantitative estimate of drug-likeness (QED) is 0.213. The Hall–Kier alpha value is -4.31. The van der Waals surface area contributed by atoms with Gasteiger partial charge < -0.3 is 19.4 Å². The first kappa shape index (κ1) is 32.9. The summed E-state index contributed by atoms with van der Waals surface area (Å²) in [7, 11) is 0. The van der Waals surface area contributed by atoms with E-state index in [0.717, 1.165) is 77.5 Å². The summed E-state index contributed by atoms with van der Waals surface area (Å²) >= 11 is 8.02. The average Bonchev–Trinajstić information content (AvgIpc) is 3.85. The molecule has 2 aromatic heterocycles. The van der Waals surface area contributed by atoms with Gasteiger partial charge in [-0.15, -0.1) is 0 Å². The molecule has 0 saturated carbocycles. The molecule has 0 aliphatic carbocycles. The summed E-state index contributed by atoms with van der Waals surface area (Å²) in [6, 6.07) is 14.8. The number of nitrogens with zero attached hydrogens (tertiary/aromatic N) is 9. The average molecular weight is 710 g/mol. The second kappa shape index (κ2) is 13.8. The van der Waals surface area contributed by atoms with Crippen molar-refractivity contribution < 1.29 is 9.53 Å². The number of benzene rings is 2. The van der Waals surface area contributed by atoms with E-state index in [-0.39, 0.29) is 23.9 Å². The summed E-state index contributed by atoms with van der Waals surface area (Å²) in [6.45, 7) is 7.58. The van der Waals surface area contributed by atoms with E-state index in [2.05, 4.69) is 54.4 Å². The van der Waals surface area contributed by atoms with Crippen LogP contribution in [0.1, 0.15) is 54.2 Å². The molecule has 258 valence electrons. The largest absolute Gasteiger partial charge is 0.461 e. The van der Waals surface area contributed by atoms with Crippen LogP contribution in [0.4, 0.5) is 11.5 Å². The smallest absolute Gasteiger partial charge is 0.318 e. The zero-order valence-electron chi connectivity index (χ0n) is 28.2.